The number of hydrogen-bond acceptors (Lipinski definition) is 3. The fourth-order valence-electron chi connectivity index (χ4n) is 0.210. The molecule has 5 nitrogen and oxygen atoms in total. The molecular formula is C3H9N3O2S. The lowest BCUT2D eigenvalue weighted by Gasteiger charge is -1.98. The maximum absolute atomic E-state index is 10.4. The van der Waals surface area contributed by atoms with E-state index >= 15 is 0 Å². The SMILES string of the molecule is C=CCNS(=O)(=O)NN. The van der Waals surface area contributed by atoms with Crippen LogP contribution < -0.4 is 15.4 Å². The van der Waals surface area contributed by atoms with E-state index in [4.69, 9.17) is 0 Å². The Labute approximate surface area is 54.1 Å². The number of nitrogens with two attached hydrogens (primary N) is 1. The molecule has 4 N–H and O–H groups in total. The minimum atomic E-state index is -3.48. The Morgan fingerprint density at radius 3 is 2.56 bits per heavy atom. The molecule has 0 spiro atoms. The Bertz CT molecular complexity index is 173. The van der Waals surface area contributed by atoms with Crippen molar-refractivity contribution in [2.45, 2.75) is 0 Å². The first-order valence-electron chi connectivity index (χ1n) is 2.20. The van der Waals surface area contributed by atoms with Crippen LogP contribution in [0.2, 0.25) is 0 Å². The molecule has 0 aromatic heterocycles. The molecule has 0 atom stereocenters. The van der Waals surface area contributed by atoms with Gasteiger partial charge in [-0.3, -0.25) is 5.84 Å². The van der Waals surface area contributed by atoms with Gasteiger partial charge < -0.3 is 0 Å². The summed E-state index contributed by atoms with van der Waals surface area (Å²) in [7, 11) is -3.48. The largest absolute Gasteiger partial charge is 0.289 e. The predicted octanol–water partition coefficient (Wildman–Crippen LogP) is -1.53. The highest BCUT2D eigenvalue weighted by atomic mass is 32.2. The Morgan fingerprint density at radius 2 is 2.22 bits per heavy atom. The van der Waals surface area contributed by atoms with Crippen LogP contribution in [0.4, 0.5) is 0 Å². The quantitative estimate of drug-likeness (QED) is 0.259. The zero-order valence-corrected chi connectivity index (χ0v) is 5.61. The van der Waals surface area contributed by atoms with Crippen LogP contribution in [0.3, 0.4) is 0 Å². The minimum Gasteiger partial charge on any atom is -0.257 e. The molecule has 0 bridgehead atoms. The van der Waals surface area contributed by atoms with Crippen LogP contribution in [0.25, 0.3) is 0 Å². The van der Waals surface area contributed by atoms with Gasteiger partial charge in [-0.2, -0.15) is 13.1 Å². The lowest BCUT2D eigenvalue weighted by molar-refractivity contribution is 0.573. The van der Waals surface area contributed by atoms with Crippen molar-refractivity contribution in [2.75, 3.05) is 6.54 Å². The third-order valence-electron chi connectivity index (χ3n) is 0.573. The topological polar surface area (TPSA) is 84.2 Å². The van der Waals surface area contributed by atoms with Gasteiger partial charge in [0.15, 0.2) is 0 Å². The van der Waals surface area contributed by atoms with Gasteiger partial charge in [-0.15, -0.1) is 11.4 Å². The summed E-state index contributed by atoms with van der Waals surface area (Å²) in [6.45, 7) is 3.48. The molecule has 0 aliphatic rings. The third kappa shape index (κ3) is 4.10. The van der Waals surface area contributed by atoms with Gasteiger partial charge in [-0.25, -0.2) is 0 Å². The maximum atomic E-state index is 10.4. The summed E-state index contributed by atoms with van der Waals surface area (Å²) in [5.74, 6) is 4.61. The van der Waals surface area contributed by atoms with Gasteiger partial charge in [0.05, 0.1) is 0 Å². The molecule has 0 rings (SSSR count). The van der Waals surface area contributed by atoms with Crippen molar-refractivity contribution in [3.05, 3.63) is 12.7 Å². The van der Waals surface area contributed by atoms with E-state index in [0.717, 1.165) is 0 Å². The molecule has 0 aromatic carbocycles. The summed E-state index contributed by atoms with van der Waals surface area (Å²) in [6.07, 6.45) is 1.41. The van der Waals surface area contributed by atoms with Gasteiger partial charge in [0.2, 0.25) is 0 Å². The molecule has 0 saturated heterocycles. The summed E-state index contributed by atoms with van der Waals surface area (Å²) in [6, 6.07) is 0. The summed E-state index contributed by atoms with van der Waals surface area (Å²) in [5, 5.41) is 0. The minimum absolute atomic E-state index is 0.173. The molecule has 0 unspecified atom stereocenters. The smallest absolute Gasteiger partial charge is 0.257 e. The second kappa shape index (κ2) is 3.57. The van der Waals surface area contributed by atoms with Crippen molar-refractivity contribution in [2.24, 2.45) is 5.84 Å². The van der Waals surface area contributed by atoms with Gasteiger partial charge in [-0.05, 0) is 0 Å². The summed E-state index contributed by atoms with van der Waals surface area (Å²) in [4.78, 5) is 1.59. The van der Waals surface area contributed by atoms with Crippen molar-refractivity contribution in [1.82, 2.24) is 9.55 Å². The van der Waals surface area contributed by atoms with Crippen LogP contribution in [-0.2, 0) is 10.2 Å². The first kappa shape index (κ1) is 8.57. The standard InChI is InChI=1S/C3H9N3O2S/c1-2-3-5-9(7,8)6-4/h2,5-6H,1,3-4H2. The third-order valence-corrected chi connectivity index (χ3v) is 1.43. The lowest BCUT2D eigenvalue weighted by atomic mass is 10.7. The maximum Gasteiger partial charge on any atom is 0.289 e. The van der Waals surface area contributed by atoms with Crippen molar-refractivity contribution in [3.63, 3.8) is 0 Å². The molecule has 0 aromatic rings. The van der Waals surface area contributed by atoms with Gasteiger partial charge in [0.1, 0.15) is 0 Å². The van der Waals surface area contributed by atoms with Crippen molar-refractivity contribution in [3.8, 4) is 0 Å². The number of hydrogen-bond donors (Lipinski definition) is 3. The van der Waals surface area contributed by atoms with Crippen molar-refractivity contribution >= 4 is 10.2 Å². The second-order valence-electron chi connectivity index (χ2n) is 1.26. The average Bonchev–Trinajstić information content (AvgIpc) is 1.84. The highest BCUT2D eigenvalue weighted by Gasteiger charge is 2.00. The Kier molecular flexibility index (Phi) is 3.40. The monoisotopic (exact) mass is 151 g/mol. The zero-order valence-electron chi connectivity index (χ0n) is 4.79. The van der Waals surface area contributed by atoms with E-state index < -0.39 is 10.2 Å². The molecule has 0 radical (unpaired) electrons. The van der Waals surface area contributed by atoms with E-state index in [9.17, 15) is 8.42 Å². The number of rotatable bonds is 4. The molecule has 6 heteroatoms. The van der Waals surface area contributed by atoms with Crippen molar-refractivity contribution < 1.29 is 8.42 Å². The predicted molar refractivity (Wildman–Crippen MR) is 34.4 cm³/mol. The first-order chi connectivity index (χ1) is 4.12. The van der Waals surface area contributed by atoms with Crippen LogP contribution in [0.1, 0.15) is 0 Å². The zero-order chi connectivity index (χ0) is 7.33. The molecule has 0 saturated carbocycles. The highest BCUT2D eigenvalue weighted by Crippen LogP contribution is 1.69. The Morgan fingerprint density at radius 1 is 1.67 bits per heavy atom. The molecule has 0 amide bonds. The van der Waals surface area contributed by atoms with Gasteiger partial charge in [-0.1, -0.05) is 6.08 Å². The fourth-order valence-corrected chi connectivity index (χ4v) is 0.631. The fraction of sp³-hybridized carbons (Fsp3) is 0.333. The van der Waals surface area contributed by atoms with Crippen LogP contribution in [-0.4, -0.2) is 15.0 Å². The normalized spacial score (nSPS) is 11.2. The van der Waals surface area contributed by atoms with E-state index in [1.165, 1.54) is 6.08 Å². The molecule has 0 heterocycles. The van der Waals surface area contributed by atoms with Gasteiger partial charge >= 0.3 is 0 Å². The summed E-state index contributed by atoms with van der Waals surface area (Å²) >= 11 is 0. The van der Waals surface area contributed by atoms with Crippen LogP contribution in [0, 0.1) is 0 Å². The Hall–Kier alpha value is -0.430. The molecule has 0 aliphatic carbocycles. The second-order valence-corrected chi connectivity index (χ2v) is 2.79. The van der Waals surface area contributed by atoms with Gasteiger partial charge in [0, 0.05) is 6.54 Å². The van der Waals surface area contributed by atoms with E-state index in [1.807, 2.05) is 0 Å². The first-order valence-corrected chi connectivity index (χ1v) is 3.68. The summed E-state index contributed by atoms with van der Waals surface area (Å²) < 4.78 is 22.8. The van der Waals surface area contributed by atoms with E-state index in [1.54, 1.807) is 4.83 Å². The van der Waals surface area contributed by atoms with Crippen LogP contribution >= 0.6 is 0 Å². The molecule has 0 aliphatic heterocycles. The van der Waals surface area contributed by atoms with E-state index in [0.29, 0.717) is 0 Å². The Balaban J connectivity index is 3.74. The van der Waals surface area contributed by atoms with Crippen LogP contribution in [0.15, 0.2) is 12.7 Å². The molecule has 0 fully saturated rings. The van der Waals surface area contributed by atoms with E-state index in [-0.39, 0.29) is 6.54 Å². The van der Waals surface area contributed by atoms with Crippen molar-refractivity contribution in [1.29, 1.82) is 0 Å². The summed E-state index contributed by atoms with van der Waals surface area (Å²) in [5.41, 5.74) is 0. The molecule has 54 valence electrons. The molecular weight excluding hydrogens is 142 g/mol. The molecule has 9 heavy (non-hydrogen) atoms. The number of nitrogens with one attached hydrogen (secondary N) is 2. The van der Waals surface area contributed by atoms with Gasteiger partial charge in [0.25, 0.3) is 10.2 Å². The lowest BCUT2D eigenvalue weighted by Crippen LogP contribution is -2.40. The number of hydrazine groups is 1. The van der Waals surface area contributed by atoms with E-state index in [2.05, 4.69) is 17.1 Å². The highest BCUT2D eigenvalue weighted by molar-refractivity contribution is 7.87. The van der Waals surface area contributed by atoms with Crippen LogP contribution in [0.5, 0.6) is 0 Å². The average molecular weight is 151 g/mol.